The van der Waals surface area contributed by atoms with Gasteiger partial charge in [0.15, 0.2) is 5.69 Å². The molecule has 0 unspecified atom stereocenters. The molecule has 0 aliphatic heterocycles. The van der Waals surface area contributed by atoms with E-state index >= 15 is 0 Å². The molecule has 5 rings (SSSR count). The summed E-state index contributed by atoms with van der Waals surface area (Å²) in [7, 11) is 1.47. The number of hydrogen-bond acceptors (Lipinski definition) is 6. The molecular formula is C25H16N2O5. The van der Waals surface area contributed by atoms with Crippen molar-refractivity contribution in [2.45, 2.75) is 0 Å². The van der Waals surface area contributed by atoms with Gasteiger partial charge in [-0.05, 0) is 29.3 Å². The minimum atomic E-state index is -0.724. The van der Waals surface area contributed by atoms with Crippen LogP contribution in [0.15, 0.2) is 92.9 Å². The minimum absolute atomic E-state index is 0.0160. The number of aromatic nitrogens is 2. The Morgan fingerprint density at radius 3 is 2.38 bits per heavy atom. The van der Waals surface area contributed by atoms with Crippen molar-refractivity contribution in [3.05, 3.63) is 105 Å². The molecule has 2 heterocycles. The molecule has 0 spiro atoms. The molecule has 7 heteroatoms. The second kappa shape index (κ2) is 7.63. The predicted molar refractivity (Wildman–Crippen MR) is 120 cm³/mol. The molecule has 7 nitrogen and oxygen atoms in total. The SMILES string of the molecule is Cn1nc(C(=O)Oc2ccc3c(-c4ccccc4)cc(=O)oc3c2)c2ccccc2c1=O. The van der Waals surface area contributed by atoms with Gasteiger partial charge >= 0.3 is 11.6 Å². The van der Waals surface area contributed by atoms with Gasteiger partial charge in [0.05, 0.1) is 5.39 Å². The van der Waals surface area contributed by atoms with Gasteiger partial charge in [0.1, 0.15) is 11.3 Å². The van der Waals surface area contributed by atoms with Crippen LogP contribution in [-0.2, 0) is 7.05 Å². The zero-order chi connectivity index (χ0) is 22.2. The van der Waals surface area contributed by atoms with Gasteiger partial charge in [0.2, 0.25) is 0 Å². The highest BCUT2D eigenvalue weighted by Gasteiger charge is 2.18. The number of nitrogens with zero attached hydrogens (tertiary/aromatic N) is 2. The van der Waals surface area contributed by atoms with Crippen molar-refractivity contribution in [2.75, 3.05) is 0 Å². The summed E-state index contributed by atoms with van der Waals surface area (Å²) < 4.78 is 12.0. The zero-order valence-corrected chi connectivity index (χ0v) is 16.9. The number of aryl methyl sites for hydroxylation is 1. The van der Waals surface area contributed by atoms with Crippen molar-refractivity contribution in [2.24, 2.45) is 7.05 Å². The second-order valence-corrected chi connectivity index (χ2v) is 7.22. The summed E-state index contributed by atoms with van der Waals surface area (Å²) in [5.74, 6) is -0.534. The average molecular weight is 424 g/mol. The quantitative estimate of drug-likeness (QED) is 0.248. The van der Waals surface area contributed by atoms with Gasteiger partial charge in [-0.1, -0.05) is 48.5 Å². The summed E-state index contributed by atoms with van der Waals surface area (Å²) in [4.78, 5) is 37.3. The van der Waals surface area contributed by atoms with Crippen molar-refractivity contribution >= 4 is 27.7 Å². The van der Waals surface area contributed by atoms with Crippen LogP contribution in [0.1, 0.15) is 10.5 Å². The first-order chi connectivity index (χ1) is 15.5. The monoisotopic (exact) mass is 424 g/mol. The Morgan fingerprint density at radius 1 is 0.875 bits per heavy atom. The van der Waals surface area contributed by atoms with E-state index in [0.717, 1.165) is 15.8 Å². The fraction of sp³-hybridized carbons (Fsp3) is 0.0400. The van der Waals surface area contributed by atoms with E-state index in [2.05, 4.69) is 5.10 Å². The lowest BCUT2D eigenvalue weighted by molar-refractivity contribution is 0.0728. The molecule has 0 radical (unpaired) electrons. The topological polar surface area (TPSA) is 91.4 Å². The number of ether oxygens (including phenoxy) is 1. The van der Waals surface area contributed by atoms with Gasteiger partial charge in [0.25, 0.3) is 5.56 Å². The Kier molecular flexibility index (Phi) is 4.63. The third-order valence-electron chi connectivity index (χ3n) is 5.16. The van der Waals surface area contributed by atoms with Gasteiger partial charge in [-0.25, -0.2) is 14.3 Å². The molecule has 32 heavy (non-hydrogen) atoms. The molecule has 0 aliphatic carbocycles. The number of esters is 1. The number of benzene rings is 3. The summed E-state index contributed by atoms with van der Waals surface area (Å²) in [6, 6.07) is 22.5. The van der Waals surface area contributed by atoms with Crippen LogP contribution in [0.5, 0.6) is 5.75 Å². The maximum atomic E-state index is 12.9. The molecule has 0 bridgehead atoms. The lowest BCUT2D eigenvalue weighted by atomic mass is 10.0. The van der Waals surface area contributed by atoms with Gasteiger partial charge in [-0.3, -0.25) is 4.79 Å². The van der Waals surface area contributed by atoms with E-state index < -0.39 is 11.6 Å². The first kappa shape index (κ1) is 19.4. The van der Waals surface area contributed by atoms with Crippen molar-refractivity contribution < 1.29 is 13.9 Å². The highest BCUT2D eigenvalue weighted by atomic mass is 16.5. The molecule has 5 aromatic rings. The summed E-state index contributed by atoms with van der Waals surface area (Å²) in [5.41, 5.74) is 1.09. The van der Waals surface area contributed by atoms with E-state index in [1.54, 1.807) is 36.4 Å². The van der Waals surface area contributed by atoms with Crippen LogP contribution < -0.4 is 15.9 Å². The summed E-state index contributed by atoms with van der Waals surface area (Å²) in [6.45, 7) is 0. The lowest BCUT2D eigenvalue weighted by Crippen LogP contribution is -2.24. The standard InChI is InChI=1S/C25H16N2O5/c1-27-24(29)19-10-6-5-9-18(19)23(26-27)25(30)31-16-11-12-17-20(15-7-3-2-4-8-15)14-22(28)32-21(17)13-16/h2-14H,1H3. The average Bonchev–Trinajstić information content (AvgIpc) is 2.81. The van der Waals surface area contributed by atoms with E-state index in [1.165, 1.54) is 19.2 Å². The molecule has 0 aliphatic rings. The number of fused-ring (bicyclic) bond motifs is 2. The van der Waals surface area contributed by atoms with Crippen LogP contribution >= 0.6 is 0 Å². The molecule has 2 aromatic heterocycles. The highest BCUT2D eigenvalue weighted by Crippen LogP contribution is 2.30. The minimum Gasteiger partial charge on any atom is -0.423 e. The maximum absolute atomic E-state index is 12.9. The van der Waals surface area contributed by atoms with Crippen LogP contribution in [0, 0.1) is 0 Å². The van der Waals surface area contributed by atoms with E-state index in [-0.39, 0.29) is 17.0 Å². The first-order valence-corrected chi connectivity index (χ1v) is 9.83. The molecule has 0 fully saturated rings. The predicted octanol–water partition coefficient (Wildman–Crippen LogP) is 3.93. The fourth-order valence-corrected chi connectivity index (χ4v) is 3.67. The van der Waals surface area contributed by atoms with Crippen LogP contribution in [0.3, 0.4) is 0 Å². The summed E-state index contributed by atoms with van der Waals surface area (Å²) >= 11 is 0. The molecular weight excluding hydrogens is 408 g/mol. The van der Waals surface area contributed by atoms with Crippen LogP contribution in [0.4, 0.5) is 0 Å². The second-order valence-electron chi connectivity index (χ2n) is 7.22. The molecule has 3 aromatic carbocycles. The number of carbonyl (C=O) groups is 1. The molecule has 0 N–H and O–H groups in total. The smallest absolute Gasteiger partial charge is 0.364 e. The summed E-state index contributed by atoms with van der Waals surface area (Å²) in [6.07, 6.45) is 0. The zero-order valence-electron chi connectivity index (χ0n) is 16.9. The molecule has 156 valence electrons. The van der Waals surface area contributed by atoms with E-state index in [9.17, 15) is 14.4 Å². The third kappa shape index (κ3) is 3.35. The molecule has 0 saturated carbocycles. The number of hydrogen-bond donors (Lipinski definition) is 0. The van der Waals surface area contributed by atoms with Gasteiger partial charge in [-0.2, -0.15) is 5.10 Å². The van der Waals surface area contributed by atoms with E-state index in [4.69, 9.17) is 9.15 Å². The fourth-order valence-electron chi connectivity index (χ4n) is 3.67. The van der Waals surface area contributed by atoms with Crippen molar-refractivity contribution in [3.8, 4) is 16.9 Å². The molecule has 0 atom stereocenters. The van der Waals surface area contributed by atoms with Crippen molar-refractivity contribution in [3.63, 3.8) is 0 Å². The van der Waals surface area contributed by atoms with Gasteiger partial charge in [0, 0.05) is 30.0 Å². The Bertz CT molecular complexity index is 1620. The van der Waals surface area contributed by atoms with E-state index in [1.807, 2.05) is 30.3 Å². The summed E-state index contributed by atoms with van der Waals surface area (Å²) in [5, 5.41) is 5.56. The molecule has 0 saturated heterocycles. The third-order valence-corrected chi connectivity index (χ3v) is 5.16. The number of rotatable bonds is 3. The normalized spacial score (nSPS) is 11.0. The van der Waals surface area contributed by atoms with Crippen LogP contribution in [0.25, 0.3) is 32.9 Å². The Labute approximate surface area is 181 Å². The Balaban J connectivity index is 1.57. The lowest BCUT2D eigenvalue weighted by Gasteiger charge is -2.10. The van der Waals surface area contributed by atoms with Gasteiger partial charge in [-0.15, -0.1) is 0 Å². The van der Waals surface area contributed by atoms with Crippen LogP contribution in [-0.4, -0.2) is 15.7 Å². The Hall–Kier alpha value is -4.52. The number of carbonyl (C=O) groups excluding carboxylic acids is 1. The van der Waals surface area contributed by atoms with Crippen molar-refractivity contribution in [1.29, 1.82) is 0 Å². The molecule has 0 amide bonds. The van der Waals surface area contributed by atoms with E-state index in [0.29, 0.717) is 21.7 Å². The largest absolute Gasteiger partial charge is 0.423 e. The maximum Gasteiger partial charge on any atom is 0.364 e. The van der Waals surface area contributed by atoms with Crippen LogP contribution in [0.2, 0.25) is 0 Å². The van der Waals surface area contributed by atoms with Gasteiger partial charge < -0.3 is 9.15 Å². The highest BCUT2D eigenvalue weighted by molar-refractivity contribution is 6.03. The van der Waals surface area contributed by atoms with Crippen molar-refractivity contribution in [1.82, 2.24) is 9.78 Å². The Morgan fingerprint density at radius 2 is 1.59 bits per heavy atom. The first-order valence-electron chi connectivity index (χ1n) is 9.83.